The molecule has 0 radical (unpaired) electrons. The zero-order valence-corrected chi connectivity index (χ0v) is 14.9. The number of hydrogen-bond donors (Lipinski definition) is 2. The Bertz CT molecular complexity index is 715. The first kappa shape index (κ1) is 19.3. The minimum Gasteiger partial charge on any atom is -0.497 e. The van der Waals surface area contributed by atoms with Gasteiger partial charge in [-0.05, 0) is 42.0 Å². The average molecular weight is 357 g/mol. The molecule has 0 unspecified atom stereocenters. The summed E-state index contributed by atoms with van der Waals surface area (Å²) in [5, 5.41) is 12.9. The van der Waals surface area contributed by atoms with E-state index >= 15 is 0 Å². The quantitative estimate of drug-likeness (QED) is 0.527. The van der Waals surface area contributed by atoms with Gasteiger partial charge in [-0.2, -0.15) is 5.10 Å². The number of hydrazone groups is 1. The Labute approximate surface area is 152 Å². The molecule has 0 fully saturated rings. The molecular weight excluding hydrogens is 334 g/mol. The van der Waals surface area contributed by atoms with Crippen LogP contribution in [0.25, 0.3) is 0 Å². The van der Waals surface area contributed by atoms with Gasteiger partial charge in [-0.1, -0.05) is 12.1 Å². The minimum absolute atomic E-state index is 0.102. The molecule has 0 aliphatic heterocycles. The zero-order valence-electron chi connectivity index (χ0n) is 14.9. The van der Waals surface area contributed by atoms with E-state index in [1.807, 2.05) is 36.2 Å². The van der Waals surface area contributed by atoms with E-state index in [0.29, 0.717) is 12.3 Å². The molecule has 0 atom stereocenters. The predicted molar refractivity (Wildman–Crippen MR) is 101 cm³/mol. The summed E-state index contributed by atoms with van der Waals surface area (Å²) in [5.41, 5.74) is 4.26. The van der Waals surface area contributed by atoms with Crippen LogP contribution in [-0.4, -0.2) is 51.1 Å². The number of hydrogen-bond acceptors (Lipinski definition) is 6. The number of amides is 1. The van der Waals surface area contributed by atoms with Gasteiger partial charge in [0.05, 0.1) is 19.9 Å². The molecule has 7 heteroatoms. The number of carbonyl (C=O) groups excluding carboxylic acids is 1. The van der Waals surface area contributed by atoms with Crippen LogP contribution in [0.3, 0.4) is 0 Å². The lowest BCUT2D eigenvalue weighted by molar-refractivity contribution is -0.123. The number of likely N-dealkylation sites (N-methyl/N-ethyl adjacent to an activating group) is 1. The molecule has 0 bridgehead atoms. The van der Waals surface area contributed by atoms with E-state index in [1.54, 1.807) is 37.6 Å². The Morgan fingerprint density at radius 3 is 2.42 bits per heavy atom. The number of nitrogens with one attached hydrogen (secondary N) is 1. The molecule has 0 spiro atoms. The molecule has 2 aromatic rings. The fourth-order valence-electron chi connectivity index (χ4n) is 2.13. The first-order valence-electron chi connectivity index (χ1n) is 8.13. The van der Waals surface area contributed by atoms with Crippen LogP contribution >= 0.6 is 0 Å². The highest BCUT2D eigenvalue weighted by Gasteiger charge is 2.02. The monoisotopic (exact) mass is 357 g/mol. The van der Waals surface area contributed by atoms with Crippen molar-refractivity contribution >= 4 is 17.8 Å². The number of carbonyl (C=O) groups is 1. The van der Waals surface area contributed by atoms with E-state index in [2.05, 4.69) is 10.5 Å². The second-order valence-corrected chi connectivity index (χ2v) is 5.49. The normalized spacial score (nSPS) is 10.6. The fraction of sp³-hybridized carbons (Fsp3) is 0.263. The van der Waals surface area contributed by atoms with Gasteiger partial charge in [0.2, 0.25) is 0 Å². The third-order valence-electron chi connectivity index (χ3n) is 3.60. The molecule has 2 N–H and O–H groups in total. The Morgan fingerprint density at radius 2 is 1.81 bits per heavy atom. The SMILES string of the molecule is COc1ccc(OCC(=O)N/N=C/c2ccc(N(C)CCO)cc2)cc1. The van der Waals surface area contributed by atoms with Crippen molar-refractivity contribution in [1.29, 1.82) is 0 Å². The Balaban J connectivity index is 1.77. The summed E-state index contributed by atoms with van der Waals surface area (Å²) in [4.78, 5) is 13.7. The first-order valence-corrected chi connectivity index (χ1v) is 8.13. The summed E-state index contributed by atoms with van der Waals surface area (Å²) in [6, 6.07) is 14.6. The maximum atomic E-state index is 11.7. The van der Waals surface area contributed by atoms with Gasteiger partial charge in [0.15, 0.2) is 6.61 Å². The van der Waals surface area contributed by atoms with Crippen molar-refractivity contribution in [2.75, 3.05) is 38.8 Å². The number of aliphatic hydroxyl groups excluding tert-OH is 1. The van der Waals surface area contributed by atoms with Crippen LogP contribution < -0.4 is 19.8 Å². The summed E-state index contributed by atoms with van der Waals surface area (Å²) in [6.45, 7) is 0.538. The Kier molecular flexibility index (Phi) is 7.45. The van der Waals surface area contributed by atoms with E-state index in [1.165, 1.54) is 0 Å². The van der Waals surface area contributed by atoms with Crippen molar-refractivity contribution in [2.45, 2.75) is 0 Å². The van der Waals surface area contributed by atoms with Crippen molar-refractivity contribution in [3.63, 3.8) is 0 Å². The van der Waals surface area contributed by atoms with Crippen molar-refractivity contribution in [3.05, 3.63) is 54.1 Å². The number of aliphatic hydroxyl groups is 1. The van der Waals surface area contributed by atoms with Gasteiger partial charge >= 0.3 is 0 Å². The largest absolute Gasteiger partial charge is 0.497 e. The lowest BCUT2D eigenvalue weighted by atomic mass is 10.2. The second-order valence-electron chi connectivity index (χ2n) is 5.49. The van der Waals surface area contributed by atoms with Crippen LogP contribution in [0.1, 0.15) is 5.56 Å². The lowest BCUT2D eigenvalue weighted by Crippen LogP contribution is -2.24. The standard InChI is InChI=1S/C19H23N3O4/c1-22(11-12-23)16-5-3-15(4-6-16)13-20-21-19(24)14-26-18-9-7-17(25-2)8-10-18/h3-10,13,23H,11-12,14H2,1-2H3,(H,21,24)/b20-13+. The fourth-order valence-corrected chi connectivity index (χ4v) is 2.13. The van der Waals surface area contributed by atoms with Gasteiger partial charge in [0.25, 0.3) is 5.91 Å². The summed E-state index contributed by atoms with van der Waals surface area (Å²) in [6.07, 6.45) is 1.56. The van der Waals surface area contributed by atoms with E-state index in [0.717, 1.165) is 17.0 Å². The maximum absolute atomic E-state index is 11.7. The molecule has 0 saturated heterocycles. The van der Waals surface area contributed by atoms with Gasteiger partial charge in [0.1, 0.15) is 11.5 Å². The molecule has 0 aromatic heterocycles. The van der Waals surface area contributed by atoms with Gasteiger partial charge in [-0.15, -0.1) is 0 Å². The van der Waals surface area contributed by atoms with Crippen LogP contribution in [0.2, 0.25) is 0 Å². The molecule has 0 heterocycles. The molecule has 1 amide bonds. The van der Waals surface area contributed by atoms with Gasteiger partial charge in [0, 0.05) is 19.3 Å². The number of nitrogens with zero attached hydrogens (tertiary/aromatic N) is 2. The summed E-state index contributed by atoms with van der Waals surface area (Å²) in [7, 11) is 3.49. The molecule has 2 aromatic carbocycles. The maximum Gasteiger partial charge on any atom is 0.277 e. The molecule has 0 aliphatic rings. The van der Waals surface area contributed by atoms with Crippen molar-refractivity contribution in [3.8, 4) is 11.5 Å². The van der Waals surface area contributed by atoms with Gasteiger partial charge in [-0.3, -0.25) is 4.79 Å². The van der Waals surface area contributed by atoms with Crippen LogP contribution in [0.5, 0.6) is 11.5 Å². The van der Waals surface area contributed by atoms with E-state index in [-0.39, 0.29) is 19.1 Å². The number of methoxy groups -OCH3 is 1. The number of rotatable bonds is 9. The highest BCUT2D eigenvalue weighted by atomic mass is 16.5. The third kappa shape index (κ3) is 6.10. The minimum atomic E-state index is -0.351. The Morgan fingerprint density at radius 1 is 1.15 bits per heavy atom. The molecule has 0 saturated carbocycles. The molecular formula is C19H23N3O4. The number of anilines is 1. The van der Waals surface area contributed by atoms with Gasteiger partial charge in [-0.25, -0.2) is 5.43 Å². The third-order valence-corrected chi connectivity index (χ3v) is 3.60. The summed E-state index contributed by atoms with van der Waals surface area (Å²) < 4.78 is 10.4. The smallest absolute Gasteiger partial charge is 0.277 e. The van der Waals surface area contributed by atoms with E-state index in [4.69, 9.17) is 14.6 Å². The second kappa shape index (κ2) is 10.0. The van der Waals surface area contributed by atoms with Crippen LogP contribution in [0, 0.1) is 0 Å². The van der Waals surface area contributed by atoms with Crippen molar-refractivity contribution in [1.82, 2.24) is 5.43 Å². The van der Waals surface area contributed by atoms with E-state index in [9.17, 15) is 4.79 Å². The molecule has 138 valence electrons. The van der Waals surface area contributed by atoms with E-state index < -0.39 is 0 Å². The van der Waals surface area contributed by atoms with Crippen molar-refractivity contribution < 1.29 is 19.4 Å². The lowest BCUT2D eigenvalue weighted by Gasteiger charge is -2.17. The summed E-state index contributed by atoms with van der Waals surface area (Å²) in [5.74, 6) is 0.948. The zero-order chi connectivity index (χ0) is 18.8. The summed E-state index contributed by atoms with van der Waals surface area (Å²) >= 11 is 0. The van der Waals surface area contributed by atoms with Crippen molar-refractivity contribution in [2.24, 2.45) is 5.10 Å². The first-order chi connectivity index (χ1) is 12.6. The van der Waals surface area contributed by atoms with Gasteiger partial charge < -0.3 is 19.5 Å². The highest BCUT2D eigenvalue weighted by molar-refractivity contribution is 5.83. The predicted octanol–water partition coefficient (Wildman–Crippen LogP) is 1.65. The average Bonchev–Trinajstić information content (AvgIpc) is 2.67. The number of benzene rings is 2. The molecule has 2 rings (SSSR count). The number of ether oxygens (including phenoxy) is 2. The Hall–Kier alpha value is -3.06. The van der Waals surface area contributed by atoms with Crippen LogP contribution in [-0.2, 0) is 4.79 Å². The molecule has 7 nitrogen and oxygen atoms in total. The molecule has 26 heavy (non-hydrogen) atoms. The molecule has 0 aliphatic carbocycles. The van der Waals surface area contributed by atoms with Crippen LogP contribution in [0.15, 0.2) is 53.6 Å². The highest BCUT2D eigenvalue weighted by Crippen LogP contribution is 2.16. The van der Waals surface area contributed by atoms with Crippen LogP contribution in [0.4, 0.5) is 5.69 Å². The topological polar surface area (TPSA) is 83.4 Å².